The van der Waals surface area contributed by atoms with Gasteiger partial charge in [0.1, 0.15) is 12.6 Å². The van der Waals surface area contributed by atoms with Gasteiger partial charge in [-0.25, -0.2) is 0 Å². The number of hydrogen-bond donors (Lipinski definition) is 1. The lowest BCUT2D eigenvalue weighted by molar-refractivity contribution is -0.889. The van der Waals surface area contributed by atoms with Gasteiger partial charge < -0.3 is 14.8 Å². The van der Waals surface area contributed by atoms with Crippen molar-refractivity contribution in [2.45, 2.75) is 24.9 Å². The molecule has 1 rings (SSSR count). The number of quaternary nitrogens is 1. The summed E-state index contributed by atoms with van der Waals surface area (Å²) >= 11 is 0. The van der Waals surface area contributed by atoms with Gasteiger partial charge in [0.15, 0.2) is 0 Å². The highest BCUT2D eigenvalue weighted by molar-refractivity contribution is 5.74. The van der Waals surface area contributed by atoms with Crippen LogP contribution in [-0.2, 0) is 4.79 Å². The number of carboxylic acids is 1. The molecular weight excluding hydrogens is 313 g/mol. The summed E-state index contributed by atoms with van der Waals surface area (Å²) < 4.78 is 80.2. The maximum atomic E-state index is 11.7. The lowest BCUT2D eigenvalue weighted by Gasteiger charge is -2.28. The number of aliphatic carboxylic acids is 1. The number of rotatable bonds is 3. The molecule has 0 radical (unpaired) electrons. The number of carbonyl (C=O) groups is 1. The normalized spacial score (nSPS) is 20.9. The molecule has 1 heterocycles. The molecule has 0 bridgehead atoms. The van der Waals surface area contributed by atoms with Gasteiger partial charge in [-0.3, -0.25) is 4.90 Å². The van der Waals surface area contributed by atoms with Crippen molar-refractivity contribution in [3.63, 3.8) is 0 Å². The van der Waals surface area contributed by atoms with Crippen molar-refractivity contribution in [3.05, 3.63) is 0 Å². The Morgan fingerprint density at radius 3 is 1.81 bits per heavy atom. The minimum Gasteiger partial charge on any atom is -0.544 e. The van der Waals surface area contributed by atoms with Crippen molar-refractivity contribution in [2.75, 3.05) is 33.4 Å². The Morgan fingerprint density at radius 1 is 1.19 bits per heavy atom. The van der Waals surface area contributed by atoms with Crippen LogP contribution in [0.5, 0.6) is 0 Å². The number of hydrogen-bond acceptors (Lipinski definition) is 3. The number of carbonyl (C=O) groups excluding carboxylic acids is 1. The fourth-order valence-corrected chi connectivity index (χ4v) is 1.48. The summed E-state index contributed by atoms with van der Waals surface area (Å²) in [5.41, 5.74) is 0. The zero-order valence-electron chi connectivity index (χ0n) is 11.2. The maximum absolute atomic E-state index is 11.7. The minimum absolute atomic E-state index is 1.25. The van der Waals surface area contributed by atoms with Gasteiger partial charge in [0.05, 0.1) is 19.6 Å². The minimum atomic E-state index is -6.64. The predicted molar refractivity (Wildman–Crippen MR) is 54.8 cm³/mol. The zero-order valence-corrected chi connectivity index (χ0v) is 11.2. The SMILES string of the molecule is CC[NH+]1CCN(C)C1.O=C([O-])C(F)(F)C(F)(F)C(F)(F)F. The van der Waals surface area contributed by atoms with Gasteiger partial charge in [-0.15, -0.1) is 0 Å². The molecule has 0 aromatic heterocycles. The largest absolute Gasteiger partial charge is 0.544 e. The van der Waals surface area contributed by atoms with E-state index in [-0.39, 0.29) is 0 Å². The molecule has 0 aliphatic carbocycles. The maximum Gasteiger partial charge on any atom is 0.460 e. The van der Waals surface area contributed by atoms with Crippen molar-refractivity contribution in [1.82, 2.24) is 4.90 Å². The number of likely N-dealkylation sites (N-methyl/N-ethyl adjacent to an activating group) is 2. The van der Waals surface area contributed by atoms with Crippen LogP contribution in [0.4, 0.5) is 30.7 Å². The summed E-state index contributed by atoms with van der Waals surface area (Å²) in [5, 5.41) is 9.27. The van der Waals surface area contributed by atoms with Crippen molar-refractivity contribution < 1.29 is 45.5 Å². The summed E-state index contributed by atoms with van der Waals surface area (Å²) in [6.45, 7) is 7.39. The first-order chi connectivity index (χ1) is 9.27. The Hall–Kier alpha value is -1.10. The lowest BCUT2D eigenvalue weighted by atomic mass is 10.1. The van der Waals surface area contributed by atoms with Gasteiger partial charge in [-0.05, 0) is 14.0 Å². The molecule has 0 aromatic carbocycles. The Bertz CT molecular complexity index is 360. The number of nitrogens with one attached hydrogen (secondary N) is 1. The molecule has 1 aliphatic rings. The second-order valence-electron chi connectivity index (χ2n) is 4.53. The van der Waals surface area contributed by atoms with Gasteiger partial charge in [-0.1, -0.05) is 0 Å². The first kappa shape index (κ1) is 19.9. The molecule has 1 fully saturated rings. The molecule has 21 heavy (non-hydrogen) atoms. The number of alkyl halides is 7. The van der Waals surface area contributed by atoms with E-state index in [1.165, 1.54) is 26.3 Å². The highest BCUT2D eigenvalue weighted by Gasteiger charge is 2.73. The van der Waals surface area contributed by atoms with Crippen LogP contribution in [-0.4, -0.2) is 62.2 Å². The van der Waals surface area contributed by atoms with Crippen LogP contribution in [0.25, 0.3) is 0 Å². The topological polar surface area (TPSA) is 47.8 Å². The lowest BCUT2D eigenvalue weighted by Crippen LogP contribution is -3.10. The molecule has 1 aliphatic heterocycles. The Kier molecular flexibility index (Phi) is 6.42. The van der Waals surface area contributed by atoms with Crippen molar-refractivity contribution in [1.29, 1.82) is 0 Å². The van der Waals surface area contributed by atoms with Crippen LogP contribution in [0, 0.1) is 0 Å². The molecule has 1 unspecified atom stereocenters. The van der Waals surface area contributed by atoms with E-state index in [0.717, 1.165) is 0 Å². The summed E-state index contributed by atoms with van der Waals surface area (Å²) in [4.78, 5) is 13.4. The van der Waals surface area contributed by atoms with Gasteiger partial charge in [-0.2, -0.15) is 30.7 Å². The first-order valence-electron chi connectivity index (χ1n) is 5.83. The molecule has 4 nitrogen and oxygen atoms in total. The van der Waals surface area contributed by atoms with Gasteiger partial charge in [0.2, 0.25) is 0 Å². The summed E-state index contributed by atoms with van der Waals surface area (Å²) in [7, 11) is 2.18. The molecule has 1 N–H and O–H groups in total. The highest BCUT2D eigenvalue weighted by atomic mass is 19.4. The van der Waals surface area contributed by atoms with Crippen molar-refractivity contribution >= 4 is 5.97 Å². The first-order valence-corrected chi connectivity index (χ1v) is 5.83. The Morgan fingerprint density at radius 2 is 1.67 bits per heavy atom. The third kappa shape index (κ3) is 4.70. The van der Waals surface area contributed by atoms with E-state index < -0.39 is 24.0 Å². The Balaban J connectivity index is 0.000000423. The standard InChI is InChI=1S/C6H14N2.C4HF7O2/c1-3-8-5-4-7(2)6-8;5-2(6,1(12)13)3(7,8)4(9,10)11/h3-6H2,1-2H3;(H,12,13). The average Bonchev–Trinajstić information content (AvgIpc) is 2.74. The third-order valence-electron chi connectivity index (χ3n) is 2.85. The quantitative estimate of drug-likeness (QED) is 0.702. The van der Waals surface area contributed by atoms with Crippen LogP contribution in [0.3, 0.4) is 0 Å². The molecule has 126 valence electrons. The summed E-state index contributed by atoms with van der Waals surface area (Å²) in [6, 6.07) is 0. The number of nitrogens with zero attached hydrogens (tertiary/aromatic N) is 1. The van der Waals surface area contributed by atoms with Gasteiger partial charge in [0.25, 0.3) is 0 Å². The van der Waals surface area contributed by atoms with Gasteiger partial charge in [0, 0.05) is 0 Å². The molecule has 1 atom stereocenters. The molecule has 0 saturated carbocycles. The van der Waals surface area contributed by atoms with E-state index in [9.17, 15) is 40.6 Å². The van der Waals surface area contributed by atoms with Gasteiger partial charge >= 0.3 is 18.0 Å². The van der Waals surface area contributed by atoms with E-state index in [1.807, 2.05) is 0 Å². The van der Waals surface area contributed by atoms with Crippen molar-refractivity contribution in [2.24, 2.45) is 0 Å². The number of halogens is 7. The summed E-state index contributed by atoms with van der Waals surface area (Å²) in [5.74, 6) is -16.7. The average molecular weight is 328 g/mol. The highest BCUT2D eigenvalue weighted by Crippen LogP contribution is 2.46. The van der Waals surface area contributed by atoms with Crippen LogP contribution in [0.2, 0.25) is 0 Å². The fraction of sp³-hybridized carbons (Fsp3) is 0.900. The third-order valence-corrected chi connectivity index (χ3v) is 2.85. The van der Waals surface area contributed by atoms with Crippen LogP contribution < -0.4 is 10.0 Å². The molecule has 1 saturated heterocycles. The molecule has 11 heteroatoms. The van der Waals surface area contributed by atoms with Crippen LogP contribution in [0.15, 0.2) is 0 Å². The molecular formula is C10H15F7N2O2. The Labute approximate surface area is 116 Å². The van der Waals surface area contributed by atoms with E-state index >= 15 is 0 Å². The fourth-order valence-electron chi connectivity index (χ4n) is 1.48. The molecule has 0 aromatic rings. The van der Waals surface area contributed by atoms with E-state index in [2.05, 4.69) is 18.9 Å². The smallest absolute Gasteiger partial charge is 0.460 e. The van der Waals surface area contributed by atoms with Crippen molar-refractivity contribution in [3.8, 4) is 0 Å². The van der Waals surface area contributed by atoms with Crippen LogP contribution in [0.1, 0.15) is 6.92 Å². The molecule has 0 spiro atoms. The van der Waals surface area contributed by atoms with E-state index in [0.29, 0.717) is 0 Å². The monoisotopic (exact) mass is 328 g/mol. The molecule has 0 amide bonds. The number of carboxylic acid groups (broad SMARTS) is 1. The van der Waals surface area contributed by atoms with Crippen LogP contribution >= 0.6 is 0 Å². The predicted octanol–water partition coefficient (Wildman–Crippen LogP) is -0.637. The van der Waals surface area contributed by atoms with E-state index in [4.69, 9.17) is 0 Å². The second-order valence-corrected chi connectivity index (χ2v) is 4.53. The zero-order chi connectivity index (χ0) is 17.1. The van der Waals surface area contributed by atoms with E-state index in [1.54, 1.807) is 4.90 Å². The second kappa shape index (κ2) is 6.77. The summed E-state index contributed by atoms with van der Waals surface area (Å²) in [6.07, 6.45) is -6.64.